The van der Waals surface area contributed by atoms with Crippen LogP contribution in [-0.4, -0.2) is 32.3 Å². The molecule has 1 heterocycles. The molecule has 1 aromatic carbocycles. The fourth-order valence-corrected chi connectivity index (χ4v) is 2.87. The van der Waals surface area contributed by atoms with Crippen molar-refractivity contribution in [3.8, 4) is 0 Å². The zero-order valence-corrected chi connectivity index (χ0v) is 13.8. The van der Waals surface area contributed by atoms with Crippen molar-refractivity contribution in [3.63, 3.8) is 0 Å². The molecule has 1 aromatic heterocycles. The van der Waals surface area contributed by atoms with Crippen LogP contribution in [0, 0.1) is 0 Å². The van der Waals surface area contributed by atoms with Crippen molar-refractivity contribution in [2.24, 2.45) is 0 Å². The predicted molar refractivity (Wildman–Crippen MR) is 88.3 cm³/mol. The Bertz CT molecular complexity index is 652. The average molecular weight is 319 g/mol. The van der Waals surface area contributed by atoms with Gasteiger partial charge in [-0.2, -0.15) is 5.10 Å². The first-order valence-electron chi connectivity index (χ1n) is 7.18. The van der Waals surface area contributed by atoms with Crippen molar-refractivity contribution in [2.45, 2.75) is 25.8 Å². The minimum absolute atomic E-state index is 0.262. The average Bonchev–Trinajstić information content (AvgIpc) is 2.97. The number of aromatic amines is 1. The minimum atomic E-state index is -1.01. The maximum atomic E-state index is 12.4. The van der Waals surface area contributed by atoms with Gasteiger partial charge in [0.25, 0.3) is 5.91 Å². The number of hydrogen-bond acceptors (Lipinski definition) is 3. The molecule has 0 saturated carbocycles. The molecule has 5 nitrogen and oxygen atoms in total. The second-order valence-corrected chi connectivity index (χ2v) is 7.02. The van der Waals surface area contributed by atoms with Gasteiger partial charge in [-0.1, -0.05) is 44.2 Å². The topological polar surface area (TPSA) is 74.8 Å². The summed E-state index contributed by atoms with van der Waals surface area (Å²) >= 11 is 0. The Kier molecular flexibility index (Phi) is 5.49. The molecule has 0 spiro atoms. The number of carbonyl (C=O) groups is 1. The third-order valence-electron chi connectivity index (χ3n) is 3.36. The Morgan fingerprint density at radius 1 is 1.32 bits per heavy atom. The number of aromatic nitrogens is 2. The summed E-state index contributed by atoms with van der Waals surface area (Å²) in [5.41, 5.74) is 2.21. The molecule has 6 heteroatoms. The van der Waals surface area contributed by atoms with Crippen LogP contribution in [0.3, 0.4) is 0 Å². The third-order valence-corrected chi connectivity index (χ3v) is 4.16. The van der Waals surface area contributed by atoms with Crippen LogP contribution in [0.15, 0.2) is 36.4 Å². The van der Waals surface area contributed by atoms with E-state index in [9.17, 15) is 9.00 Å². The fourth-order valence-electron chi connectivity index (χ4n) is 2.12. The van der Waals surface area contributed by atoms with Gasteiger partial charge in [-0.3, -0.25) is 14.1 Å². The van der Waals surface area contributed by atoms with Crippen LogP contribution in [0.1, 0.15) is 47.6 Å². The van der Waals surface area contributed by atoms with Crippen LogP contribution < -0.4 is 5.32 Å². The van der Waals surface area contributed by atoms with Crippen molar-refractivity contribution in [2.75, 3.05) is 12.0 Å². The number of benzene rings is 1. The molecule has 2 rings (SSSR count). The first kappa shape index (κ1) is 16.4. The Labute approximate surface area is 133 Å². The number of nitrogens with one attached hydrogen (secondary N) is 2. The molecule has 0 fully saturated rings. The summed E-state index contributed by atoms with van der Waals surface area (Å²) in [5.74, 6) is 0.390. The summed E-state index contributed by atoms with van der Waals surface area (Å²) < 4.78 is 11.6. The molecule has 0 aliphatic carbocycles. The van der Waals surface area contributed by atoms with Crippen molar-refractivity contribution in [1.29, 1.82) is 0 Å². The smallest absolute Gasteiger partial charge is 0.272 e. The second-order valence-electron chi connectivity index (χ2n) is 5.54. The number of rotatable bonds is 6. The lowest BCUT2D eigenvalue weighted by Crippen LogP contribution is -2.32. The van der Waals surface area contributed by atoms with Gasteiger partial charge in [-0.15, -0.1) is 0 Å². The number of H-pyrrole nitrogens is 1. The maximum absolute atomic E-state index is 12.4. The zero-order valence-electron chi connectivity index (χ0n) is 13.0. The van der Waals surface area contributed by atoms with Gasteiger partial charge in [0.05, 0.1) is 6.04 Å². The minimum Gasteiger partial charge on any atom is -0.343 e. The van der Waals surface area contributed by atoms with Gasteiger partial charge in [0, 0.05) is 28.5 Å². The normalized spacial score (nSPS) is 13.8. The molecular formula is C16H21N3O2S. The molecule has 0 saturated heterocycles. The second kappa shape index (κ2) is 7.35. The van der Waals surface area contributed by atoms with Gasteiger partial charge in [0.2, 0.25) is 0 Å². The monoisotopic (exact) mass is 319 g/mol. The zero-order chi connectivity index (χ0) is 16.1. The standard InChI is InChI=1S/C16H21N3O2S/c1-11(2)13-9-14(19-18-13)16(20)17-15(10-22(3)21)12-7-5-4-6-8-12/h4-9,11,15H,10H2,1-3H3,(H,17,20)(H,18,19)/t15-,22-/m1/s1. The molecular weight excluding hydrogens is 298 g/mol. The molecule has 118 valence electrons. The Morgan fingerprint density at radius 3 is 2.55 bits per heavy atom. The molecule has 0 bridgehead atoms. The molecule has 2 aromatic rings. The SMILES string of the molecule is CC(C)c1cc(C(=O)N[C@H](C[S@@](C)=O)c2ccccc2)n[nH]1. The molecule has 0 aliphatic rings. The number of nitrogens with zero attached hydrogens (tertiary/aromatic N) is 1. The largest absolute Gasteiger partial charge is 0.343 e. The number of amides is 1. The van der Waals surface area contributed by atoms with Gasteiger partial charge >= 0.3 is 0 Å². The molecule has 0 aliphatic heterocycles. The molecule has 22 heavy (non-hydrogen) atoms. The van der Waals surface area contributed by atoms with E-state index < -0.39 is 10.8 Å². The quantitative estimate of drug-likeness (QED) is 0.858. The summed E-state index contributed by atoms with van der Waals surface area (Å²) in [7, 11) is -1.01. The number of hydrogen-bond donors (Lipinski definition) is 2. The Morgan fingerprint density at radius 2 is 2.00 bits per heavy atom. The van der Waals surface area contributed by atoms with E-state index in [4.69, 9.17) is 0 Å². The van der Waals surface area contributed by atoms with Crippen molar-refractivity contribution < 1.29 is 9.00 Å². The van der Waals surface area contributed by atoms with Crippen molar-refractivity contribution >= 4 is 16.7 Å². The van der Waals surface area contributed by atoms with E-state index in [0.29, 0.717) is 11.4 Å². The van der Waals surface area contributed by atoms with Crippen LogP contribution in [0.4, 0.5) is 0 Å². The van der Waals surface area contributed by atoms with Crippen LogP contribution >= 0.6 is 0 Å². The maximum Gasteiger partial charge on any atom is 0.272 e. The van der Waals surface area contributed by atoms with Crippen LogP contribution in [0.5, 0.6) is 0 Å². The summed E-state index contributed by atoms with van der Waals surface area (Å²) in [4.78, 5) is 12.4. The first-order valence-corrected chi connectivity index (χ1v) is 8.91. The first-order chi connectivity index (χ1) is 10.5. The van der Waals surface area contributed by atoms with E-state index in [1.54, 1.807) is 12.3 Å². The Balaban J connectivity index is 2.15. The van der Waals surface area contributed by atoms with Crippen LogP contribution in [0.25, 0.3) is 0 Å². The van der Waals surface area contributed by atoms with Gasteiger partial charge in [-0.05, 0) is 17.5 Å². The summed E-state index contributed by atoms with van der Waals surface area (Å²) in [6, 6.07) is 11.0. The fraction of sp³-hybridized carbons (Fsp3) is 0.375. The van der Waals surface area contributed by atoms with Gasteiger partial charge in [0.1, 0.15) is 5.69 Å². The highest BCUT2D eigenvalue weighted by Gasteiger charge is 2.19. The van der Waals surface area contributed by atoms with Gasteiger partial charge < -0.3 is 5.32 Å². The molecule has 1 amide bonds. The molecule has 0 radical (unpaired) electrons. The lowest BCUT2D eigenvalue weighted by Gasteiger charge is -2.17. The van der Waals surface area contributed by atoms with Gasteiger partial charge in [-0.25, -0.2) is 0 Å². The van der Waals surface area contributed by atoms with E-state index in [0.717, 1.165) is 11.3 Å². The van der Waals surface area contributed by atoms with E-state index in [1.165, 1.54) is 0 Å². The summed E-state index contributed by atoms with van der Waals surface area (Å²) in [6.45, 7) is 4.06. The van der Waals surface area contributed by atoms with Crippen molar-refractivity contribution in [3.05, 3.63) is 53.3 Å². The van der Waals surface area contributed by atoms with Crippen LogP contribution in [-0.2, 0) is 10.8 Å². The summed E-state index contributed by atoms with van der Waals surface area (Å²) in [6.07, 6.45) is 1.63. The van der Waals surface area contributed by atoms with Gasteiger partial charge in [0.15, 0.2) is 0 Å². The molecule has 2 atom stereocenters. The summed E-state index contributed by atoms with van der Waals surface area (Å²) in [5, 5.41) is 9.84. The van der Waals surface area contributed by atoms with E-state index in [-0.39, 0.29) is 17.9 Å². The van der Waals surface area contributed by atoms with Crippen molar-refractivity contribution in [1.82, 2.24) is 15.5 Å². The third kappa shape index (κ3) is 4.27. The lowest BCUT2D eigenvalue weighted by molar-refractivity contribution is 0.0935. The highest BCUT2D eigenvalue weighted by atomic mass is 32.2. The van der Waals surface area contributed by atoms with E-state index in [1.807, 2.05) is 44.2 Å². The Hall–Kier alpha value is -1.95. The molecule has 0 unspecified atom stereocenters. The lowest BCUT2D eigenvalue weighted by atomic mass is 10.1. The highest BCUT2D eigenvalue weighted by molar-refractivity contribution is 7.84. The highest BCUT2D eigenvalue weighted by Crippen LogP contribution is 2.16. The van der Waals surface area contributed by atoms with E-state index in [2.05, 4.69) is 15.5 Å². The predicted octanol–water partition coefficient (Wildman–Crippen LogP) is 2.38. The molecule has 2 N–H and O–H groups in total. The number of carbonyl (C=O) groups excluding carboxylic acids is 1. The van der Waals surface area contributed by atoms with E-state index >= 15 is 0 Å². The van der Waals surface area contributed by atoms with Crippen LogP contribution in [0.2, 0.25) is 0 Å².